The number of nitrogens with two attached hydrogens (primary N) is 1. The number of nitrogen functional groups attached to an aromatic ring is 1. The van der Waals surface area contributed by atoms with E-state index in [0.717, 1.165) is 24.5 Å². The van der Waals surface area contributed by atoms with Crippen LogP contribution in [0.25, 0.3) is 11.3 Å². The predicted octanol–water partition coefficient (Wildman–Crippen LogP) is 3.66. The SMILES string of the molecule is Nc1ncc(-c2cc([C@H]3[C@@H]4COC[C@@H]43)n(C3CCCC3)n2)cc1Cl. The number of pyridine rings is 1. The summed E-state index contributed by atoms with van der Waals surface area (Å²) in [6, 6.07) is 4.64. The molecule has 0 spiro atoms. The van der Waals surface area contributed by atoms with Gasteiger partial charge in [0, 0.05) is 23.4 Å². The Hall–Kier alpha value is -1.59. The van der Waals surface area contributed by atoms with Gasteiger partial charge in [-0.15, -0.1) is 0 Å². The van der Waals surface area contributed by atoms with Crippen LogP contribution in [0, 0.1) is 11.8 Å². The first-order valence-electron chi connectivity index (χ1n) is 8.81. The van der Waals surface area contributed by atoms with Crippen LogP contribution in [-0.4, -0.2) is 28.0 Å². The second-order valence-electron chi connectivity index (χ2n) is 7.32. The second-order valence-corrected chi connectivity index (χ2v) is 7.73. The Balaban J connectivity index is 1.55. The van der Waals surface area contributed by atoms with E-state index in [1.807, 2.05) is 6.07 Å². The first-order chi connectivity index (χ1) is 11.7. The van der Waals surface area contributed by atoms with Crippen molar-refractivity contribution in [2.75, 3.05) is 18.9 Å². The highest BCUT2D eigenvalue weighted by molar-refractivity contribution is 6.33. The molecule has 0 unspecified atom stereocenters. The molecular formula is C18H21ClN4O. The molecule has 0 radical (unpaired) electrons. The van der Waals surface area contributed by atoms with Gasteiger partial charge in [0.05, 0.1) is 30.0 Å². The van der Waals surface area contributed by atoms with Gasteiger partial charge >= 0.3 is 0 Å². The maximum atomic E-state index is 6.15. The Kier molecular flexibility index (Phi) is 3.35. The minimum atomic E-state index is 0.365. The smallest absolute Gasteiger partial charge is 0.142 e. The fourth-order valence-electron chi connectivity index (χ4n) is 4.51. The van der Waals surface area contributed by atoms with Crippen molar-refractivity contribution in [3.63, 3.8) is 0 Å². The minimum Gasteiger partial charge on any atom is -0.382 e. The van der Waals surface area contributed by atoms with Gasteiger partial charge in [0.15, 0.2) is 0 Å². The van der Waals surface area contributed by atoms with Crippen molar-refractivity contribution in [1.82, 2.24) is 14.8 Å². The van der Waals surface area contributed by atoms with Gasteiger partial charge in [-0.1, -0.05) is 24.4 Å². The van der Waals surface area contributed by atoms with E-state index in [9.17, 15) is 0 Å². The molecule has 2 aromatic rings. The molecule has 6 heteroatoms. The Bertz CT molecular complexity index is 773. The molecule has 2 aliphatic carbocycles. The van der Waals surface area contributed by atoms with Gasteiger partial charge in [-0.25, -0.2) is 4.98 Å². The topological polar surface area (TPSA) is 66.0 Å². The third-order valence-electron chi connectivity index (χ3n) is 5.89. The number of halogens is 1. The summed E-state index contributed by atoms with van der Waals surface area (Å²) >= 11 is 6.15. The van der Waals surface area contributed by atoms with Gasteiger partial charge in [-0.2, -0.15) is 5.10 Å². The lowest BCUT2D eigenvalue weighted by molar-refractivity contribution is 0.159. The fraction of sp³-hybridized carbons (Fsp3) is 0.556. The van der Waals surface area contributed by atoms with Crippen molar-refractivity contribution >= 4 is 17.4 Å². The number of ether oxygens (including phenoxy) is 1. The molecule has 3 fully saturated rings. The molecular weight excluding hydrogens is 324 g/mol. The van der Waals surface area contributed by atoms with E-state index in [2.05, 4.69) is 15.7 Å². The summed E-state index contributed by atoms with van der Waals surface area (Å²) in [5, 5.41) is 5.45. The highest BCUT2D eigenvalue weighted by atomic mass is 35.5. The first kappa shape index (κ1) is 14.7. The Morgan fingerprint density at radius 3 is 2.62 bits per heavy atom. The molecule has 0 bridgehead atoms. The molecule has 2 N–H and O–H groups in total. The van der Waals surface area contributed by atoms with Crippen molar-refractivity contribution in [2.24, 2.45) is 11.8 Å². The molecule has 5 nitrogen and oxygen atoms in total. The van der Waals surface area contributed by atoms with Crippen LogP contribution in [0.4, 0.5) is 5.82 Å². The Morgan fingerprint density at radius 1 is 1.17 bits per heavy atom. The van der Waals surface area contributed by atoms with Crippen LogP contribution in [-0.2, 0) is 4.74 Å². The van der Waals surface area contributed by atoms with Gasteiger partial charge in [0.25, 0.3) is 0 Å². The van der Waals surface area contributed by atoms with E-state index in [1.54, 1.807) is 6.20 Å². The molecule has 3 aliphatic rings. The normalized spacial score (nSPS) is 29.1. The average molecular weight is 345 g/mol. The van der Waals surface area contributed by atoms with Crippen LogP contribution in [0.1, 0.15) is 43.3 Å². The number of aromatic nitrogens is 3. The zero-order valence-corrected chi connectivity index (χ0v) is 14.2. The molecule has 2 saturated carbocycles. The predicted molar refractivity (Wildman–Crippen MR) is 92.9 cm³/mol. The van der Waals surface area contributed by atoms with E-state index in [1.165, 1.54) is 31.4 Å². The standard InChI is InChI=1S/C18H21ClN4O/c19-14-5-10(7-21-18(14)20)15-6-16(17-12-8-24-9-13(12)17)23(22-15)11-3-1-2-4-11/h5-7,11-13,17H,1-4,8-9H2,(H2,20,21)/t12-,13+,17+. The van der Waals surface area contributed by atoms with Gasteiger partial charge in [-0.05, 0) is 36.8 Å². The second kappa shape index (κ2) is 5.46. The van der Waals surface area contributed by atoms with Crippen LogP contribution in [0.15, 0.2) is 18.3 Å². The monoisotopic (exact) mass is 344 g/mol. The maximum absolute atomic E-state index is 6.15. The molecule has 126 valence electrons. The third-order valence-corrected chi connectivity index (χ3v) is 6.20. The number of anilines is 1. The summed E-state index contributed by atoms with van der Waals surface area (Å²) in [5.41, 5.74) is 9.01. The van der Waals surface area contributed by atoms with E-state index in [4.69, 9.17) is 27.2 Å². The molecule has 5 rings (SSSR count). The molecule has 24 heavy (non-hydrogen) atoms. The lowest BCUT2D eigenvalue weighted by Gasteiger charge is -2.15. The number of hydrogen-bond acceptors (Lipinski definition) is 4. The summed E-state index contributed by atoms with van der Waals surface area (Å²) < 4.78 is 7.87. The van der Waals surface area contributed by atoms with Crippen LogP contribution < -0.4 is 5.73 Å². The Morgan fingerprint density at radius 2 is 1.92 bits per heavy atom. The quantitative estimate of drug-likeness (QED) is 0.922. The summed E-state index contributed by atoms with van der Waals surface area (Å²) in [6.45, 7) is 1.80. The summed E-state index contributed by atoms with van der Waals surface area (Å²) in [5.74, 6) is 2.34. The highest BCUT2D eigenvalue weighted by Gasteiger charge is 2.56. The maximum Gasteiger partial charge on any atom is 0.142 e. The van der Waals surface area contributed by atoms with Crippen molar-refractivity contribution in [3.8, 4) is 11.3 Å². The lowest BCUT2D eigenvalue weighted by Crippen LogP contribution is -2.12. The van der Waals surface area contributed by atoms with E-state index >= 15 is 0 Å². The minimum absolute atomic E-state index is 0.365. The average Bonchev–Trinajstić information content (AvgIpc) is 3.12. The summed E-state index contributed by atoms with van der Waals surface area (Å²) in [6.07, 6.45) is 6.83. The number of fused-ring (bicyclic) bond motifs is 1. The van der Waals surface area contributed by atoms with E-state index in [-0.39, 0.29) is 0 Å². The van der Waals surface area contributed by atoms with Crippen molar-refractivity contribution in [2.45, 2.75) is 37.6 Å². The van der Waals surface area contributed by atoms with Crippen LogP contribution >= 0.6 is 11.6 Å². The Labute approximate surface area is 146 Å². The molecule has 3 heterocycles. The summed E-state index contributed by atoms with van der Waals surface area (Å²) in [7, 11) is 0. The van der Waals surface area contributed by atoms with Gasteiger partial charge in [0.1, 0.15) is 5.82 Å². The van der Waals surface area contributed by atoms with Crippen LogP contribution in [0.5, 0.6) is 0 Å². The zero-order chi connectivity index (χ0) is 16.3. The van der Waals surface area contributed by atoms with E-state index in [0.29, 0.717) is 34.6 Å². The van der Waals surface area contributed by atoms with Crippen LogP contribution in [0.3, 0.4) is 0 Å². The zero-order valence-electron chi connectivity index (χ0n) is 13.5. The third kappa shape index (κ3) is 2.25. The van der Waals surface area contributed by atoms with Gasteiger partial charge in [-0.3, -0.25) is 4.68 Å². The van der Waals surface area contributed by atoms with Crippen LogP contribution in [0.2, 0.25) is 5.02 Å². The molecule has 1 saturated heterocycles. The molecule has 0 amide bonds. The van der Waals surface area contributed by atoms with Crippen molar-refractivity contribution < 1.29 is 4.74 Å². The van der Waals surface area contributed by atoms with Gasteiger partial charge in [0.2, 0.25) is 0 Å². The molecule has 0 aromatic carbocycles. The van der Waals surface area contributed by atoms with Crippen molar-refractivity contribution in [3.05, 3.63) is 29.0 Å². The lowest BCUT2D eigenvalue weighted by atomic mass is 10.1. The van der Waals surface area contributed by atoms with Gasteiger partial charge < -0.3 is 10.5 Å². The molecule has 2 aromatic heterocycles. The number of rotatable bonds is 3. The molecule has 3 atom stereocenters. The van der Waals surface area contributed by atoms with E-state index < -0.39 is 0 Å². The summed E-state index contributed by atoms with van der Waals surface area (Å²) in [4.78, 5) is 4.19. The number of nitrogens with zero attached hydrogens (tertiary/aromatic N) is 3. The largest absolute Gasteiger partial charge is 0.382 e. The first-order valence-corrected chi connectivity index (χ1v) is 9.19. The molecule has 1 aliphatic heterocycles. The fourth-order valence-corrected chi connectivity index (χ4v) is 4.67. The van der Waals surface area contributed by atoms with Crippen molar-refractivity contribution in [1.29, 1.82) is 0 Å². The highest BCUT2D eigenvalue weighted by Crippen LogP contribution is 2.58. The number of hydrogen-bond donors (Lipinski definition) is 1.